The molecule has 4 heterocycles. The van der Waals surface area contributed by atoms with Gasteiger partial charge in [0.2, 0.25) is 6.10 Å². The van der Waals surface area contributed by atoms with E-state index in [9.17, 15) is 43.2 Å². The summed E-state index contributed by atoms with van der Waals surface area (Å²) in [6.07, 6.45) is 6.53. The molecule has 460 valence electrons. The fourth-order valence-electron chi connectivity index (χ4n) is 11.7. The zero-order chi connectivity index (χ0) is 52.1. The zero-order valence-electron chi connectivity index (χ0n) is 43.4. The monoisotopic (exact) mass is 1130 g/mol. The number of carbonyl (C=O) groups excluding carboxylic acids is 9. The van der Waals surface area contributed by atoms with Gasteiger partial charge in [0.05, 0.1) is 46.5 Å². The second-order valence-corrected chi connectivity index (χ2v) is 23.4. The molecule has 0 spiro atoms. The van der Waals surface area contributed by atoms with Gasteiger partial charge in [0.15, 0.2) is 6.61 Å². The standard InChI is InChI=1S/C16H22O6.C14H20O4.C13H18O4.C10H16O4.8CH4/c1-4-16(2,3)15(19)20-7-11(17)21-12-8-5-9-10(6-8)14(18)22-13(9)12;1-4-14(2,3)13(16)18-10-7-5-8-9(6-7)12(15)17-11(8)10;1-3-6(2)12(14)16-10-7-4-8-9(5-7)13(15)17-11(8)10;1-4-10(2,3)9(12)14-7-5-6-13-8(7)11;;;;;;;;/h8-10,12-13H,4-7H2,1-3H3;7-11H,4-6H2,1-3H3;6-11H,3-5H2,1-2H3;7H,4-6H2,1-3H3;8*1H4. The Labute approximate surface area is 475 Å². The van der Waals surface area contributed by atoms with Crippen LogP contribution in [0.1, 0.15) is 206 Å². The Morgan fingerprint density at radius 1 is 0.494 bits per heavy atom. The predicted octanol–water partition coefficient (Wildman–Crippen LogP) is 11.3. The molecular weight excluding hydrogens is 1020 g/mol. The molecule has 10 fully saturated rings. The largest absolute Gasteiger partial charge is 0.463 e. The molecule has 79 heavy (non-hydrogen) atoms. The highest BCUT2D eigenvalue weighted by Crippen LogP contribution is 2.57. The van der Waals surface area contributed by atoms with E-state index in [-0.39, 0.29) is 174 Å². The summed E-state index contributed by atoms with van der Waals surface area (Å²) in [5.41, 5.74) is -1.59. The summed E-state index contributed by atoms with van der Waals surface area (Å²) in [6.45, 7) is 20.5. The lowest BCUT2D eigenvalue weighted by atomic mass is 9.87. The summed E-state index contributed by atoms with van der Waals surface area (Å²) in [7, 11) is 0. The third kappa shape index (κ3) is 15.4. The molecule has 6 bridgehead atoms. The van der Waals surface area contributed by atoms with Crippen molar-refractivity contribution in [3.63, 3.8) is 0 Å². The minimum Gasteiger partial charge on any atom is -0.463 e. The van der Waals surface area contributed by atoms with E-state index in [2.05, 4.69) is 0 Å². The van der Waals surface area contributed by atoms with Crippen LogP contribution in [0.4, 0.5) is 0 Å². The molecule has 18 nitrogen and oxygen atoms in total. The molecule has 0 aromatic heterocycles. The van der Waals surface area contributed by atoms with Crippen LogP contribution < -0.4 is 0 Å². The van der Waals surface area contributed by atoms with Gasteiger partial charge in [-0.25, -0.2) is 9.59 Å². The van der Waals surface area contributed by atoms with Crippen molar-refractivity contribution in [3.8, 4) is 0 Å². The lowest BCUT2D eigenvalue weighted by Gasteiger charge is -2.29. The lowest BCUT2D eigenvalue weighted by molar-refractivity contribution is -0.172. The van der Waals surface area contributed by atoms with E-state index in [1.807, 2.05) is 48.5 Å². The highest BCUT2D eigenvalue weighted by Gasteiger charge is 2.65. The Morgan fingerprint density at radius 2 is 0.848 bits per heavy atom. The molecule has 4 saturated heterocycles. The Balaban J connectivity index is 0. The maximum absolute atomic E-state index is 12.1. The molecule has 0 aromatic carbocycles. The molecule has 6 aliphatic carbocycles. The number of fused-ring (bicyclic) bond motifs is 3. The number of hydrogen-bond donors (Lipinski definition) is 0. The van der Waals surface area contributed by atoms with Gasteiger partial charge in [-0.3, -0.25) is 33.6 Å². The molecule has 18 heteroatoms. The number of carbonyl (C=O) groups is 9. The van der Waals surface area contributed by atoms with Crippen LogP contribution in [-0.2, 0) is 85.8 Å². The van der Waals surface area contributed by atoms with Crippen molar-refractivity contribution in [3.05, 3.63) is 0 Å². The Bertz CT molecular complexity index is 2100. The van der Waals surface area contributed by atoms with E-state index < -0.39 is 40.3 Å². The van der Waals surface area contributed by atoms with Gasteiger partial charge in [-0.05, 0) is 106 Å². The van der Waals surface area contributed by atoms with Gasteiger partial charge in [0, 0.05) is 41.9 Å². The molecule has 4 aliphatic heterocycles. The van der Waals surface area contributed by atoms with Gasteiger partial charge in [0.1, 0.15) is 36.6 Å². The first kappa shape index (κ1) is 76.3. The first-order chi connectivity index (χ1) is 33.4. The van der Waals surface area contributed by atoms with Crippen molar-refractivity contribution in [2.45, 2.75) is 249 Å². The molecule has 0 amide bonds. The van der Waals surface area contributed by atoms with E-state index in [1.165, 1.54) is 0 Å². The minimum absolute atomic E-state index is 0. The number of rotatable bonds is 14. The molecule has 10 aliphatic rings. The van der Waals surface area contributed by atoms with Crippen molar-refractivity contribution < 1.29 is 85.8 Å². The smallest absolute Gasteiger partial charge is 0.347 e. The molecule has 17 atom stereocenters. The van der Waals surface area contributed by atoms with Gasteiger partial charge < -0.3 is 42.6 Å². The fraction of sp³-hybridized carbons (Fsp3) is 0.852. The summed E-state index contributed by atoms with van der Waals surface area (Å²) in [4.78, 5) is 105. The minimum atomic E-state index is -0.687. The maximum atomic E-state index is 12.1. The highest BCUT2D eigenvalue weighted by atomic mass is 16.6. The number of ether oxygens (including phenoxy) is 9. The van der Waals surface area contributed by atoms with Crippen molar-refractivity contribution in [2.75, 3.05) is 13.2 Å². The topological polar surface area (TPSA) is 237 Å². The van der Waals surface area contributed by atoms with Crippen molar-refractivity contribution in [2.24, 2.45) is 75.4 Å². The quantitative estimate of drug-likeness (QED) is 0.116. The molecule has 17 unspecified atom stereocenters. The Hall–Kier alpha value is -4.77. The first-order valence-electron chi connectivity index (χ1n) is 26.1. The third-order valence-electron chi connectivity index (χ3n) is 17.8. The van der Waals surface area contributed by atoms with Gasteiger partial charge in [-0.1, -0.05) is 94.0 Å². The van der Waals surface area contributed by atoms with Crippen LogP contribution in [0.5, 0.6) is 0 Å². The summed E-state index contributed by atoms with van der Waals surface area (Å²) in [5.74, 6) is -0.625. The zero-order valence-corrected chi connectivity index (χ0v) is 43.4. The molecular formula is C61H108O18. The van der Waals surface area contributed by atoms with E-state index in [4.69, 9.17) is 42.6 Å². The van der Waals surface area contributed by atoms with Crippen LogP contribution >= 0.6 is 0 Å². The second kappa shape index (κ2) is 29.8. The van der Waals surface area contributed by atoms with Gasteiger partial charge in [0.25, 0.3) is 0 Å². The number of cyclic esters (lactones) is 1. The molecule has 0 radical (unpaired) electrons. The third-order valence-corrected chi connectivity index (χ3v) is 17.8. The fourth-order valence-corrected chi connectivity index (χ4v) is 11.7. The number of hydrogen-bond acceptors (Lipinski definition) is 18. The Morgan fingerprint density at radius 3 is 1.20 bits per heavy atom. The average molecular weight is 1130 g/mol. The first-order valence-corrected chi connectivity index (χ1v) is 26.1. The van der Waals surface area contributed by atoms with Crippen molar-refractivity contribution in [1.29, 1.82) is 0 Å². The summed E-state index contributed by atoms with van der Waals surface area (Å²) >= 11 is 0. The SMILES string of the molecule is C.C.C.C.C.C.C.C.CCC(C)(C)C(=O)OC1C2CC3C(=O)OC1C3C2.CCC(C)(C)C(=O)OC1CCOC1=O.CCC(C)(C)C(=O)OCC(=O)OC1C2CC3C(=O)OC1C3C2.CCC(C)C(=O)OC1C2CC3C(=O)OC1C3C2. The summed E-state index contributed by atoms with van der Waals surface area (Å²) in [5, 5.41) is 0. The highest BCUT2D eigenvalue weighted by molar-refractivity contribution is 5.83. The van der Waals surface area contributed by atoms with E-state index >= 15 is 0 Å². The van der Waals surface area contributed by atoms with Crippen LogP contribution in [0.3, 0.4) is 0 Å². The summed E-state index contributed by atoms with van der Waals surface area (Å²) < 4.78 is 47.5. The van der Waals surface area contributed by atoms with Crippen LogP contribution in [0.15, 0.2) is 0 Å². The van der Waals surface area contributed by atoms with E-state index in [0.29, 0.717) is 49.5 Å². The van der Waals surface area contributed by atoms with Gasteiger partial charge in [-0.15, -0.1) is 0 Å². The summed E-state index contributed by atoms with van der Waals surface area (Å²) in [6, 6.07) is 0. The van der Waals surface area contributed by atoms with Crippen LogP contribution in [-0.4, -0.2) is 110 Å². The van der Waals surface area contributed by atoms with Crippen molar-refractivity contribution in [1.82, 2.24) is 0 Å². The molecule has 6 saturated carbocycles. The normalized spacial score (nSPS) is 32.5. The number of esters is 9. The van der Waals surface area contributed by atoms with E-state index in [0.717, 1.165) is 51.4 Å². The molecule has 10 rings (SSSR count). The van der Waals surface area contributed by atoms with Crippen LogP contribution in [0, 0.1) is 75.4 Å². The lowest BCUT2D eigenvalue weighted by Crippen LogP contribution is -2.39. The predicted molar refractivity (Wildman–Crippen MR) is 300 cm³/mol. The average Bonchev–Trinajstić information content (AvgIpc) is 4.23. The second-order valence-electron chi connectivity index (χ2n) is 23.4. The van der Waals surface area contributed by atoms with Crippen LogP contribution in [0.25, 0.3) is 0 Å². The Kier molecular flexibility index (Phi) is 28.8. The maximum Gasteiger partial charge on any atom is 0.347 e. The van der Waals surface area contributed by atoms with Gasteiger partial charge in [-0.2, -0.15) is 0 Å². The van der Waals surface area contributed by atoms with E-state index in [1.54, 1.807) is 27.7 Å². The molecule has 0 N–H and O–H groups in total. The molecule has 0 aromatic rings. The van der Waals surface area contributed by atoms with Crippen molar-refractivity contribution >= 4 is 53.7 Å². The van der Waals surface area contributed by atoms with Gasteiger partial charge >= 0.3 is 53.7 Å². The van der Waals surface area contributed by atoms with Crippen LogP contribution in [0.2, 0.25) is 0 Å².